The molecule has 2 aromatic carbocycles. The Hall–Kier alpha value is -3.39. The molecule has 0 atom stereocenters. The molecule has 2 aromatic heterocycles. The van der Waals surface area contributed by atoms with Crippen LogP contribution in [-0.2, 0) is 6.18 Å². The number of carbonyl (C=O) groups is 1. The summed E-state index contributed by atoms with van der Waals surface area (Å²) < 4.78 is 44.0. The maximum atomic E-state index is 13.1. The van der Waals surface area contributed by atoms with Gasteiger partial charge in [0.1, 0.15) is 5.76 Å². The number of aromatic nitrogens is 2. The van der Waals surface area contributed by atoms with Crippen molar-refractivity contribution in [2.45, 2.75) is 13.1 Å². The molecular formula is C21H13ClF3N3O2. The fourth-order valence-electron chi connectivity index (χ4n) is 2.98. The lowest BCUT2D eigenvalue weighted by Crippen LogP contribution is -2.16. The highest BCUT2D eigenvalue weighted by molar-refractivity contribution is 6.33. The Bertz CT molecular complexity index is 1270. The van der Waals surface area contributed by atoms with E-state index < -0.39 is 23.4 Å². The van der Waals surface area contributed by atoms with Crippen molar-refractivity contribution in [3.05, 3.63) is 76.8 Å². The van der Waals surface area contributed by atoms with Crippen LogP contribution in [0.4, 0.5) is 18.9 Å². The van der Waals surface area contributed by atoms with Crippen LogP contribution in [0.5, 0.6) is 0 Å². The van der Waals surface area contributed by atoms with Crippen molar-refractivity contribution in [1.29, 1.82) is 0 Å². The first-order valence-corrected chi connectivity index (χ1v) is 9.11. The van der Waals surface area contributed by atoms with Crippen molar-refractivity contribution < 1.29 is 22.4 Å². The van der Waals surface area contributed by atoms with E-state index in [2.05, 4.69) is 19.7 Å². The van der Waals surface area contributed by atoms with Gasteiger partial charge in [-0.05, 0) is 43.3 Å². The zero-order valence-electron chi connectivity index (χ0n) is 15.4. The van der Waals surface area contributed by atoms with E-state index in [0.29, 0.717) is 27.3 Å². The number of furan rings is 1. The zero-order valence-corrected chi connectivity index (χ0v) is 16.2. The molecule has 0 spiro atoms. The van der Waals surface area contributed by atoms with E-state index in [9.17, 15) is 18.0 Å². The Morgan fingerprint density at radius 3 is 2.57 bits per heavy atom. The van der Waals surface area contributed by atoms with Crippen LogP contribution in [-0.4, -0.2) is 15.9 Å². The molecule has 0 aliphatic heterocycles. The van der Waals surface area contributed by atoms with Crippen molar-refractivity contribution in [2.75, 3.05) is 5.32 Å². The standard InChI is InChI=1S/C21H13ClF3N3O2/c1-11-8-14(19(30-11)21(23,24)25)20(29)27-12-6-7-15(22)13(9-12)18-10-26-16-4-2-3-5-17(16)28-18/h2-10H,1H3,(H,27,29). The summed E-state index contributed by atoms with van der Waals surface area (Å²) >= 11 is 6.28. The molecular weight excluding hydrogens is 419 g/mol. The third-order valence-corrected chi connectivity index (χ3v) is 4.64. The van der Waals surface area contributed by atoms with Gasteiger partial charge >= 0.3 is 6.18 Å². The molecule has 5 nitrogen and oxygen atoms in total. The number of aryl methyl sites for hydroxylation is 1. The number of hydrogen-bond donors (Lipinski definition) is 1. The Morgan fingerprint density at radius 2 is 1.83 bits per heavy atom. The van der Waals surface area contributed by atoms with E-state index in [1.165, 1.54) is 31.3 Å². The van der Waals surface area contributed by atoms with Crippen molar-refractivity contribution in [3.8, 4) is 11.3 Å². The minimum Gasteiger partial charge on any atom is -0.456 e. The summed E-state index contributed by atoms with van der Waals surface area (Å²) in [5.41, 5.74) is 1.96. The third-order valence-electron chi connectivity index (χ3n) is 4.31. The van der Waals surface area contributed by atoms with Crippen LogP contribution in [0.3, 0.4) is 0 Å². The fourth-order valence-corrected chi connectivity index (χ4v) is 3.19. The predicted octanol–water partition coefficient (Wildman–Crippen LogP) is 6.12. The molecule has 0 unspecified atom stereocenters. The van der Waals surface area contributed by atoms with Crippen LogP contribution in [0.25, 0.3) is 22.3 Å². The summed E-state index contributed by atoms with van der Waals surface area (Å²) in [6, 6.07) is 12.9. The number of para-hydroxylation sites is 2. The van der Waals surface area contributed by atoms with Crippen LogP contribution < -0.4 is 5.32 Å². The van der Waals surface area contributed by atoms with E-state index in [1.807, 2.05) is 18.2 Å². The van der Waals surface area contributed by atoms with Gasteiger partial charge in [-0.15, -0.1) is 0 Å². The van der Waals surface area contributed by atoms with Gasteiger partial charge in [0.25, 0.3) is 5.91 Å². The number of rotatable bonds is 3. The fraction of sp³-hybridized carbons (Fsp3) is 0.0952. The van der Waals surface area contributed by atoms with Crippen LogP contribution in [0, 0.1) is 6.92 Å². The Kier molecular flexibility index (Phi) is 4.95. The Morgan fingerprint density at radius 1 is 1.10 bits per heavy atom. The molecule has 2 heterocycles. The SMILES string of the molecule is Cc1cc(C(=O)Nc2ccc(Cl)c(-c3cnc4ccccc4n3)c2)c(C(F)(F)F)o1. The van der Waals surface area contributed by atoms with Gasteiger partial charge in [0.2, 0.25) is 5.76 Å². The summed E-state index contributed by atoms with van der Waals surface area (Å²) in [4.78, 5) is 21.3. The van der Waals surface area contributed by atoms with Gasteiger partial charge in [-0.2, -0.15) is 13.2 Å². The third kappa shape index (κ3) is 3.86. The van der Waals surface area contributed by atoms with Gasteiger partial charge in [0.05, 0.1) is 33.5 Å². The Balaban J connectivity index is 1.68. The summed E-state index contributed by atoms with van der Waals surface area (Å²) in [7, 11) is 0. The highest BCUT2D eigenvalue weighted by atomic mass is 35.5. The first-order chi connectivity index (χ1) is 14.2. The maximum absolute atomic E-state index is 13.1. The summed E-state index contributed by atoms with van der Waals surface area (Å²) in [6.45, 7) is 1.34. The second-order valence-corrected chi connectivity index (χ2v) is 6.90. The topological polar surface area (TPSA) is 68.0 Å². The highest BCUT2D eigenvalue weighted by Crippen LogP contribution is 2.35. The lowest BCUT2D eigenvalue weighted by Gasteiger charge is -2.10. The molecule has 4 aromatic rings. The van der Waals surface area contributed by atoms with E-state index in [1.54, 1.807) is 6.07 Å². The number of nitrogens with one attached hydrogen (secondary N) is 1. The minimum atomic E-state index is -4.78. The maximum Gasteiger partial charge on any atom is 0.450 e. The number of alkyl halides is 3. The second-order valence-electron chi connectivity index (χ2n) is 6.49. The predicted molar refractivity (Wildman–Crippen MR) is 106 cm³/mol. The normalized spacial score (nSPS) is 11.6. The van der Waals surface area contributed by atoms with Crippen LogP contribution in [0.1, 0.15) is 21.9 Å². The van der Waals surface area contributed by atoms with Gasteiger partial charge in [0, 0.05) is 11.3 Å². The van der Waals surface area contributed by atoms with Crippen molar-refractivity contribution in [1.82, 2.24) is 9.97 Å². The summed E-state index contributed by atoms with van der Waals surface area (Å²) in [5, 5.41) is 2.81. The van der Waals surface area contributed by atoms with E-state index in [0.717, 1.165) is 6.07 Å². The summed E-state index contributed by atoms with van der Waals surface area (Å²) in [6.07, 6.45) is -3.25. The van der Waals surface area contributed by atoms with Crippen LogP contribution >= 0.6 is 11.6 Å². The molecule has 0 saturated heterocycles. The molecule has 0 saturated carbocycles. The lowest BCUT2D eigenvalue weighted by molar-refractivity contribution is -0.153. The number of nitrogens with zero attached hydrogens (tertiary/aromatic N) is 2. The second kappa shape index (κ2) is 7.46. The summed E-state index contributed by atoms with van der Waals surface area (Å²) in [5.74, 6) is -2.31. The van der Waals surface area contributed by atoms with Crippen molar-refractivity contribution >= 4 is 34.2 Å². The quantitative estimate of drug-likeness (QED) is 0.424. The number of halogens is 4. The van der Waals surface area contributed by atoms with E-state index in [-0.39, 0.29) is 11.4 Å². The molecule has 0 aliphatic carbocycles. The monoisotopic (exact) mass is 431 g/mol. The van der Waals surface area contributed by atoms with Gasteiger partial charge in [-0.25, -0.2) is 4.98 Å². The first-order valence-electron chi connectivity index (χ1n) is 8.73. The van der Waals surface area contributed by atoms with Gasteiger partial charge in [-0.3, -0.25) is 9.78 Å². The van der Waals surface area contributed by atoms with E-state index in [4.69, 9.17) is 11.6 Å². The molecule has 0 bridgehead atoms. The molecule has 9 heteroatoms. The lowest BCUT2D eigenvalue weighted by atomic mass is 10.1. The molecule has 1 amide bonds. The van der Waals surface area contributed by atoms with Crippen molar-refractivity contribution in [2.24, 2.45) is 0 Å². The molecule has 152 valence electrons. The molecule has 0 fully saturated rings. The highest BCUT2D eigenvalue weighted by Gasteiger charge is 2.40. The van der Waals surface area contributed by atoms with Gasteiger partial charge in [-0.1, -0.05) is 23.7 Å². The molecule has 0 aliphatic rings. The number of amides is 1. The van der Waals surface area contributed by atoms with Crippen LogP contribution in [0.2, 0.25) is 5.02 Å². The largest absolute Gasteiger partial charge is 0.456 e. The molecule has 1 N–H and O–H groups in total. The number of benzene rings is 2. The van der Waals surface area contributed by atoms with Crippen LogP contribution in [0.15, 0.2) is 59.1 Å². The number of fused-ring (bicyclic) bond motifs is 1. The minimum absolute atomic E-state index is 0.0179. The first kappa shape index (κ1) is 19.9. The average molecular weight is 432 g/mol. The number of carbonyl (C=O) groups excluding carboxylic acids is 1. The zero-order chi connectivity index (χ0) is 21.5. The average Bonchev–Trinajstić information content (AvgIpc) is 3.11. The van der Waals surface area contributed by atoms with Crippen molar-refractivity contribution in [3.63, 3.8) is 0 Å². The smallest absolute Gasteiger partial charge is 0.450 e. The van der Waals surface area contributed by atoms with E-state index >= 15 is 0 Å². The number of anilines is 1. The van der Waals surface area contributed by atoms with Gasteiger partial charge < -0.3 is 9.73 Å². The number of hydrogen-bond acceptors (Lipinski definition) is 4. The molecule has 0 radical (unpaired) electrons. The Labute approximate surface area is 173 Å². The molecule has 4 rings (SSSR count). The van der Waals surface area contributed by atoms with Gasteiger partial charge in [0.15, 0.2) is 0 Å². The molecule has 30 heavy (non-hydrogen) atoms.